The molecule has 3 rings (SSSR count). The molecule has 0 bridgehead atoms. The fraction of sp³-hybridized carbons (Fsp3) is 0.478. The van der Waals surface area contributed by atoms with Gasteiger partial charge in [-0.25, -0.2) is 9.59 Å². The summed E-state index contributed by atoms with van der Waals surface area (Å²) in [6.45, 7) is 13.4. The Labute approximate surface area is 188 Å². The number of ether oxygens (including phenoxy) is 1. The number of hydrogen-bond donors (Lipinski definition) is 3. The SMILES string of the molecule is CC(C)(C)OC(=O)NCC(=Cc1ccc2cc(C(=O)O)[nH]c2c1)B1OC(C)(C)C(C)(C)O1. The maximum Gasteiger partial charge on any atom is 0.492 e. The Kier molecular flexibility index (Phi) is 6.19. The van der Waals surface area contributed by atoms with Gasteiger partial charge < -0.3 is 29.5 Å². The van der Waals surface area contributed by atoms with Gasteiger partial charge >= 0.3 is 19.2 Å². The van der Waals surface area contributed by atoms with Gasteiger partial charge in [-0.15, -0.1) is 0 Å². The van der Waals surface area contributed by atoms with E-state index >= 15 is 0 Å². The van der Waals surface area contributed by atoms with Gasteiger partial charge in [0.1, 0.15) is 11.3 Å². The molecule has 8 nitrogen and oxygen atoms in total. The van der Waals surface area contributed by atoms with Gasteiger partial charge in [0, 0.05) is 17.4 Å². The highest BCUT2D eigenvalue weighted by atomic mass is 16.7. The molecule has 1 amide bonds. The molecule has 172 valence electrons. The first kappa shape index (κ1) is 23.9. The number of benzene rings is 1. The molecule has 1 aromatic heterocycles. The Hall–Kier alpha value is -2.78. The van der Waals surface area contributed by atoms with Crippen molar-refractivity contribution < 1.29 is 28.7 Å². The quantitative estimate of drug-likeness (QED) is 0.592. The number of nitrogens with one attached hydrogen (secondary N) is 2. The monoisotopic (exact) mass is 442 g/mol. The number of H-pyrrole nitrogens is 1. The van der Waals surface area contributed by atoms with Gasteiger partial charge in [-0.05, 0) is 71.6 Å². The molecule has 0 unspecified atom stereocenters. The molecule has 0 atom stereocenters. The Morgan fingerprint density at radius 3 is 2.34 bits per heavy atom. The van der Waals surface area contributed by atoms with Crippen molar-refractivity contribution >= 4 is 36.2 Å². The van der Waals surface area contributed by atoms with E-state index in [1.54, 1.807) is 26.8 Å². The van der Waals surface area contributed by atoms with E-state index in [0.717, 1.165) is 10.9 Å². The number of rotatable bonds is 5. The van der Waals surface area contributed by atoms with Crippen molar-refractivity contribution in [3.63, 3.8) is 0 Å². The molecule has 0 radical (unpaired) electrons. The molecular weight excluding hydrogens is 411 g/mol. The first-order chi connectivity index (χ1) is 14.7. The lowest BCUT2D eigenvalue weighted by Gasteiger charge is -2.32. The maximum atomic E-state index is 12.2. The van der Waals surface area contributed by atoms with E-state index in [0.29, 0.717) is 11.0 Å². The largest absolute Gasteiger partial charge is 0.492 e. The topological polar surface area (TPSA) is 110 Å². The number of aromatic nitrogens is 1. The first-order valence-corrected chi connectivity index (χ1v) is 10.6. The lowest BCUT2D eigenvalue weighted by Crippen LogP contribution is -2.41. The fourth-order valence-electron chi connectivity index (χ4n) is 3.25. The first-order valence-electron chi connectivity index (χ1n) is 10.6. The summed E-state index contributed by atoms with van der Waals surface area (Å²) in [5, 5.41) is 12.8. The van der Waals surface area contributed by atoms with Crippen LogP contribution in [0.3, 0.4) is 0 Å². The fourth-order valence-corrected chi connectivity index (χ4v) is 3.25. The van der Waals surface area contributed by atoms with Crippen LogP contribution in [0.5, 0.6) is 0 Å². The van der Waals surface area contributed by atoms with Crippen LogP contribution in [-0.4, -0.2) is 52.6 Å². The highest BCUT2D eigenvalue weighted by Crippen LogP contribution is 2.38. The maximum absolute atomic E-state index is 12.2. The number of carboxylic acids is 1. The lowest BCUT2D eigenvalue weighted by atomic mass is 9.77. The van der Waals surface area contributed by atoms with Gasteiger partial charge in [0.05, 0.1) is 11.2 Å². The summed E-state index contributed by atoms with van der Waals surface area (Å²) >= 11 is 0. The second-order valence-corrected chi connectivity index (χ2v) is 10.00. The summed E-state index contributed by atoms with van der Waals surface area (Å²) in [5.41, 5.74) is 0.651. The number of amides is 1. The minimum absolute atomic E-state index is 0.124. The smallest absolute Gasteiger partial charge is 0.477 e. The number of alkyl carbamates (subject to hydrolysis) is 1. The molecule has 3 N–H and O–H groups in total. The van der Waals surface area contributed by atoms with Gasteiger partial charge in [0.15, 0.2) is 0 Å². The second kappa shape index (κ2) is 8.29. The van der Waals surface area contributed by atoms with Crippen molar-refractivity contribution in [2.45, 2.75) is 65.3 Å². The number of hydrogen-bond acceptors (Lipinski definition) is 5. The molecule has 9 heteroatoms. The van der Waals surface area contributed by atoms with E-state index in [1.807, 2.05) is 52.0 Å². The predicted molar refractivity (Wildman–Crippen MR) is 124 cm³/mol. The zero-order chi connectivity index (χ0) is 23.9. The third kappa shape index (κ3) is 5.34. The molecular formula is C23H31BN2O6. The number of aromatic amines is 1. The van der Waals surface area contributed by atoms with E-state index in [4.69, 9.17) is 14.0 Å². The van der Waals surface area contributed by atoms with Gasteiger partial charge in [-0.3, -0.25) is 0 Å². The normalized spacial score (nSPS) is 18.1. The second-order valence-electron chi connectivity index (χ2n) is 10.00. The highest BCUT2D eigenvalue weighted by molar-refractivity contribution is 6.56. The Morgan fingerprint density at radius 2 is 1.78 bits per heavy atom. The van der Waals surface area contributed by atoms with Crippen molar-refractivity contribution in [3.05, 3.63) is 41.0 Å². The Bertz CT molecular complexity index is 1050. The molecule has 32 heavy (non-hydrogen) atoms. The Morgan fingerprint density at radius 1 is 1.16 bits per heavy atom. The van der Waals surface area contributed by atoms with Crippen molar-refractivity contribution in [3.8, 4) is 0 Å². The number of carbonyl (C=O) groups excluding carboxylic acids is 1. The average Bonchev–Trinajstić information content (AvgIpc) is 3.14. The molecule has 0 aliphatic carbocycles. The van der Waals surface area contributed by atoms with Crippen LogP contribution in [0.2, 0.25) is 0 Å². The van der Waals surface area contributed by atoms with Crippen LogP contribution < -0.4 is 5.32 Å². The van der Waals surface area contributed by atoms with Gasteiger partial charge in [-0.2, -0.15) is 0 Å². The summed E-state index contributed by atoms with van der Waals surface area (Å²) in [7, 11) is -0.663. The lowest BCUT2D eigenvalue weighted by molar-refractivity contribution is 0.00578. The van der Waals surface area contributed by atoms with Crippen LogP contribution in [0, 0.1) is 0 Å². The van der Waals surface area contributed by atoms with Crippen LogP contribution in [0.25, 0.3) is 17.0 Å². The molecule has 1 aliphatic rings. The number of carbonyl (C=O) groups is 2. The van der Waals surface area contributed by atoms with Gasteiger partial charge in [-0.1, -0.05) is 18.2 Å². The van der Waals surface area contributed by atoms with Gasteiger partial charge in [0.2, 0.25) is 0 Å². The summed E-state index contributed by atoms with van der Waals surface area (Å²) in [6.07, 6.45) is 1.34. The average molecular weight is 442 g/mol. The third-order valence-electron chi connectivity index (χ3n) is 5.62. The van der Waals surface area contributed by atoms with E-state index in [-0.39, 0.29) is 12.2 Å². The summed E-state index contributed by atoms with van der Waals surface area (Å²) < 4.78 is 17.7. The zero-order valence-electron chi connectivity index (χ0n) is 19.7. The van der Waals surface area contributed by atoms with Crippen LogP contribution in [-0.2, 0) is 14.0 Å². The third-order valence-corrected chi connectivity index (χ3v) is 5.62. The number of aromatic carboxylic acids is 1. The van der Waals surface area contributed by atoms with E-state index in [9.17, 15) is 14.7 Å². The summed E-state index contributed by atoms with van der Waals surface area (Å²) in [4.78, 5) is 26.4. The minimum Gasteiger partial charge on any atom is -0.477 e. The number of carboxylic acid groups (broad SMARTS) is 1. The van der Waals surface area contributed by atoms with Crippen molar-refractivity contribution in [2.75, 3.05) is 6.54 Å². The molecule has 1 saturated heterocycles. The van der Waals surface area contributed by atoms with E-state index in [2.05, 4.69) is 10.3 Å². The van der Waals surface area contributed by atoms with Crippen molar-refractivity contribution in [1.29, 1.82) is 0 Å². The molecule has 2 heterocycles. The predicted octanol–water partition coefficient (Wildman–Crippen LogP) is 4.41. The van der Waals surface area contributed by atoms with Crippen LogP contribution in [0.4, 0.5) is 4.79 Å². The summed E-state index contributed by atoms with van der Waals surface area (Å²) in [5.74, 6) is -1.02. The highest BCUT2D eigenvalue weighted by Gasteiger charge is 2.52. The molecule has 2 aromatic rings. The van der Waals surface area contributed by atoms with Crippen LogP contribution in [0.15, 0.2) is 29.7 Å². The molecule has 1 fully saturated rings. The van der Waals surface area contributed by atoms with Crippen LogP contribution in [0.1, 0.15) is 64.5 Å². The summed E-state index contributed by atoms with van der Waals surface area (Å²) in [6, 6.07) is 7.15. The molecule has 1 aliphatic heterocycles. The van der Waals surface area contributed by atoms with Crippen molar-refractivity contribution in [1.82, 2.24) is 10.3 Å². The van der Waals surface area contributed by atoms with Crippen LogP contribution >= 0.6 is 0 Å². The Balaban J connectivity index is 1.91. The molecule has 0 spiro atoms. The number of fused-ring (bicyclic) bond motifs is 1. The molecule has 0 saturated carbocycles. The minimum atomic E-state index is -1.02. The standard InChI is InChI=1S/C23H31BN2O6/c1-21(2,3)30-20(29)25-13-16(24-31-22(4,5)23(6,7)32-24)10-14-8-9-15-12-18(19(27)28)26-17(15)11-14/h8-12,26H,13H2,1-7H3,(H,25,29)(H,27,28). The zero-order valence-corrected chi connectivity index (χ0v) is 19.7. The van der Waals surface area contributed by atoms with E-state index < -0.39 is 36.0 Å². The molecule has 1 aromatic carbocycles. The van der Waals surface area contributed by atoms with Crippen molar-refractivity contribution in [2.24, 2.45) is 0 Å². The van der Waals surface area contributed by atoms with E-state index in [1.165, 1.54) is 0 Å². The van der Waals surface area contributed by atoms with Gasteiger partial charge in [0.25, 0.3) is 0 Å².